The second kappa shape index (κ2) is 8.58. The molecule has 1 heterocycles. The summed E-state index contributed by atoms with van der Waals surface area (Å²) in [6, 6.07) is 17.1. The lowest BCUT2D eigenvalue weighted by Crippen LogP contribution is -2.29. The van der Waals surface area contributed by atoms with Crippen molar-refractivity contribution in [2.75, 3.05) is 5.32 Å². The molecule has 3 aromatic rings. The standard InChI is InChI=1S/C20H20N2O3S/c1-14(20(24)21-15-8-3-2-4-9-15)25-19(23)13-7-12-18-22-16-10-5-6-11-17(16)26-18/h2-6,8-11,14H,7,12-13H2,1H3,(H,21,24)/t14-/m1/s1. The second-order valence-electron chi connectivity index (χ2n) is 5.92. The molecule has 0 fully saturated rings. The van der Waals surface area contributed by atoms with Gasteiger partial charge >= 0.3 is 5.97 Å². The van der Waals surface area contributed by atoms with Gasteiger partial charge in [-0.25, -0.2) is 4.98 Å². The number of hydrogen-bond donors (Lipinski definition) is 1. The van der Waals surface area contributed by atoms with Crippen LogP contribution in [0.4, 0.5) is 5.69 Å². The highest BCUT2D eigenvalue weighted by atomic mass is 32.1. The van der Waals surface area contributed by atoms with E-state index in [9.17, 15) is 9.59 Å². The van der Waals surface area contributed by atoms with E-state index in [0.717, 1.165) is 21.6 Å². The number of para-hydroxylation sites is 2. The van der Waals surface area contributed by atoms with Crippen LogP contribution >= 0.6 is 11.3 Å². The zero-order valence-electron chi connectivity index (χ0n) is 14.5. The fraction of sp³-hybridized carbons (Fsp3) is 0.250. The molecule has 1 N–H and O–H groups in total. The number of thiazole rings is 1. The first-order valence-electron chi connectivity index (χ1n) is 8.51. The van der Waals surface area contributed by atoms with Crippen LogP contribution in [0.5, 0.6) is 0 Å². The van der Waals surface area contributed by atoms with Crippen LogP contribution in [0.15, 0.2) is 54.6 Å². The Balaban J connectivity index is 1.42. The minimum atomic E-state index is -0.829. The molecule has 0 spiro atoms. The van der Waals surface area contributed by atoms with Gasteiger partial charge in [-0.15, -0.1) is 11.3 Å². The Bertz CT molecular complexity index is 859. The van der Waals surface area contributed by atoms with E-state index in [2.05, 4.69) is 10.3 Å². The summed E-state index contributed by atoms with van der Waals surface area (Å²) in [4.78, 5) is 28.5. The molecular weight excluding hydrogens is 348 g/mol. The lowest BCUT2D eigenvalue weighted by Gasteiger charge is -2.13. The molecule has 0 unspecified atom stereocenters. The average molecular weight is 368 g/mol. The molecule has 2 aromatic carbocycles. The van der Waals surface area contributed by atoms with E-state index in [1.807, 2.05) is 42.5 Å². The lowest BCUT2D eigenvalue weighted by atomic mass is 10.2. The molecule has 3 rings (SSSR count). The first-order valence-corrected chi connectivity index (χ1v) is 9.33. The molecule has 1 atom stereocenters. The van der Waals surface area contributed by atoms with Crippen LogP contribution in [-0.4, -0.2) is 23.0 Å². The number of anilines is 1. The van der Waals surface area contributed by atoms with Crippen molar-refractivity contribution in [3.05, 3.63) is 59.6 Å². The smallest absolute Gasteiger partial charge is 0.306 e. The topological polar surface area (TPSA) is 68.3 Å². The number of hydrogen-bond acceptors (Lipinski definition) is 5. The molecule has 0 bridgehead atoms. The molecule has 0 aliphatic heterocycles. The van der Waals surface area contributed by atoms with Crippen LogP contribution in [0.3, 0.4) is 0 Å². The van der Waals surface area contributed by atoms with E-state index in [0.29, 0.717) is 12.1 Å². The monoisotopic (exact) mass is 368 g/mol. The lowest BCUT2D eigenvalue weighted by molar-refractivity contribution is -0.153. The summed E-state index contributed by atoms with van der Waals surface area (Å²) in [5, 5.41) is 3.73. The van der Waals surface area contributed by atoms with Crippen LogP contribution in [0.25, 0.3) is 10.2 Å². The van der Waals surface area contributed by atoms with Gasteiger partial charge in [0.25, 0.3) is 5.91 Å². The number of benzene rings is 2. The number of rotatable bonds is 7. The highest BCUT2D eigenvalue weighted by Crippen LogP contribution is 2.22. The highest BCUT2D eigenvalue weighted by Gasteiger charge is 2.17. The third-order valence-corrected chi connectivity index (χ3v) is 4.92. The van der Waals surface area contributed by atoms with Crippen LogP contribution in [0, 0.1) is 0 Å². The maximum atomic E-state index is 12.0. The van der Waals surface area contributed by atoms with E-state index < -0.39 is 6.10 Å². The summed E-state index contributed by atoms with van der Waals surface area (Å²) in [6.07, 6.45) is 0.800. The van der Waals surface area contributed by atoms with Crippen molar-refractivity contribution in [2.24, 2.45) is 0 Å². The Morgan fingerprint density at radius 3 is 2.62 bits per heavy atom. The number of aryl methyl sites for hydroxylation is 1. The van der Waals surface area contributed by atoms with Gasteiger partial charge in [0.2, 0.25) is 0 Å². The number of nitrogens with zero attached hydrogens (tertiary/aromatic N) is 1. The van der Waals surface area contributed by atoms with Crippen molar-refractivity contribution >= 4 is 39.1 Å². The van der Waals surface area contributed by atoms with Gasteiger partial charge < -0.3 is 10.1 Å². The van der Waals surface area contributed by atoms with E-state index in [4.69, 9.17) is 4.74 Å². The van der Waals surface area contributed by atoms with Crippen LogP contribution < -0.4 is 5.32 Å². The van der Waals surface area contributed by atoms with Crippen molar-refractivity contribution in [1.29, 1.82) is 0 Å². The minimum Gasteiger partial charge on any atom is -0.453 e. The largest absolute Gasteiger partial charge is 0.453 e. The fourth-order valence-electron chi connectivity index (χ4n) is 2.49. The van der Waals surface area contributed by atoms with Crippen molar-refractivity contribution in [2.45, 2.75) is 32.3 Å². The molecule has 1 amide bonds. The summed E-state index contributed by atoms with van der Waals surface area (Å²) in [7, 11) is 0. The molecule has 0 aliphatic carbocycles. The zero-order chi connectivity index (χ0) is 18.4. The van der Waals surface area contributed by atoms with Gasteiger partial charge in [-0.1, -0.05) is 30.3 Å². The number of fused-ring (bicyclic) bond motifs is 1. The molecule has 26 heavy (non-hydrogen) atoms. The zero-order valence-corrected chi connectivity index (χ0v) is 15.3. The molecule has 0 radical (unpaired) electrons. The average Bonchev–Trinajstić information content (AvgIpc) is 3.05. The number of nitrogens with one attached hydrogen (secondary N) is 1. The number of esters is 1. The number of ether oxygens (including phenoxy) is 1. The van der Waals surface area contributed by atoms with Crippen LogP contribution in [-0.2, 0) is 20.7 Å². The summed E-state index contributed by atoms with van der Waals surface area (Å²) in [5.41, 5.74) is 1.66. The Morgan fingerprint density at radius 1 is 1.12 bits per heavy atom. The Morgan fingerprint density at radius 2 is 1.85 bits per heavy atom. The number of aromatic nitrogens is 1. The quantitative estimate of drug-likeness (QED) is 0.635. The van der Waals surface area contributed by atoms with Gasteiger partial charge in [0, 0.05) is 12.1 Å². The third-order valence-electron chi connectivity index (χ3n) is 3.83. The maximum Gasteiger partial charge on any atom is 0.306 e. The predicted octanol–water partition coefficient (Wildman–Crippen LogP) is 4.19. The first-order chi connectivity index (χ1) is 12.6. The van der Waals surface area contributed by atoms with Gasteiger partial charge in [0.1, 0.15) is 0 Å². The molecule has 134 valence electrons. The second-order valence-corrected chi connectivity index (χ2v) is 7.03. The fourth-order valence-corrected chi connectivity index (χ4v) is 3.49. The third kappa shape index (κ3) is 4.89. The number of amides is 1. The highest BCUT2D eigenvalue weighted by molar-refractivity contribution is 7.18. The number of carbonyl (C=O) groups is 2. The molecular formula is C20H20N2O3S. The summed E-state index contributed by atoms with van der Waals surface area (Å²) in [6.45, 7) is 1.57. The molecule has 0 saturated heterocycles. The molecule has 6 heteroatoms. The van der Waals surface area contributed by atoms with Gasteiger partial charge in [0.05, 0.1) is 15.2 Å². The van der Waals surface area contributed by atoms with Gasteiger partial charge in [-0.05, 0) is 44.0 Å². The van der Waals surface area contributed by atoms with Crippen molar-refractivity contribution in [3.63, 3.8) is 0 Å². The Labute approximate surface area is 156 Å². The summed E-state index contributed by atoms with van der Waals surface area (Å²) >= 11 is 1.64. The predicted molar refractivity (Wildman–Crippen MR) is 103 cm³/mol. The van der Waals surface area contributed by atoms with Crippen molar-refractivity contribution < 1.29 is 14.3 Å². The molecule has 1 aromatic heterocycles. The van der Waals surface area contributed by atoms with E-state index in [1.54, 1.807) is 30.4 Å². The SMILES string of the molecule is C[C@@H](OC(=O)CCCc1nc2ccccc2s1)C(=O)Nc1ccccc1. The maximum absolute atomic E-state index is 12.0. The van der Waals surface area contributed by atoms with Gasteiger partial charge in [0.15, 0.2) is 6.10 Å². The van der Waals surface area contributed by atoms with E-state index >= 15 is 0 Å². The molecule has 0 aliphatic rings. The van der Waals surface area contributed by atoms with Crippen molar-refractivity contribution in [3.8, 4) is 0 Å². The van der Waals surface area contributed by atoms with Gasteiger partial charge in [-0.2, -0.15) is 0 Å². The van der Waals surface area contributed by atoms with E-state index in [1.165, 1.54) is 0 Å². The molecule has 0 saturated carbocycles. The first kappa shape index (κ1) is 18.1. The molecule has 5 nitrogen and oxygen atoms in total. The van der Waals surface area contributed by atoms with Crippen LogP contribution in [0.2, 0.25) is 0 Å². The van der Waals surface area contributed by atoms with Crippen LogP contribution in [0.1, 0.15) is 24.8 Å². The minimum absolute atomic E-state index is 0.263. The normalized spacial score (nSPS) is 11.9. The van der Waals surface area contributed by atoms with E-state index in [-0.39, 0.29) is 18.3 Å². The van der Waals surface area contributed by atoms with Gasteiger partial charge in [-0.3, -0.25) is 9.59 Å². The number of carbonyl (C=O) groups excluding carboxylic acids is 2. The van der Waals surface area contributed by atoms with Crippen molar-refractivity contribution in [1.82, 2.24) is 4.98 Å². The summed E-state index contributed by atoms with van der Waals surface area (Å²) in [5.74, 6) is -0.711. The summed E-state index contributed by atoms with van der Waals surface area (Å²) < 4.78 is 6.36. The Kier molecular flexibility index (Phi) is 5.96. The Hall–Kier alpha value is -2.73.